The third kappa shape index (κ3) is 2.64. The average Bonchev–Trinajstić information content (AvgIpc) is 3.33. The predicted octanol–water partition coefficient (Wildman–Crippen LogP) is 3.75. The Morgan fingerprint density at radius 3 is 2.55 bits per heavy atom. The standard InChI is InChI=1S/C18H27NO/c1-13-7-9-18(12-19,10-8-13)17(20)16-4-2-3-15(11-16)14-5-6-14/h2-4,11,13-14,17,20H,5-10,12,19H2,1H3. The van der Waals surface area contributed by atoms with Gasteiger partial charge < -0.3 is 10.8 Å². The van der Waals surface area contributed by atoms with Crippen molar-refractivity contribution in [3.63, 3.8) is 0 Å². The second-order valence-corrected chi connectivity index (χ2v) is 7.10. The lowest BCUT2D eigenvalue weighted by Gasteiger charge is -2.42. The molecule has 3 N–H and O–H groups in total. The molecule has 2 heteroatoms. The fourth-order valence-electron chi connectivity index (χ4n) is 3.68. The topological polar surface area (TPSA) is 46.2 Å². The molecule has 0 amide bonds. The van der Waals surface area contributed by atoms with E-state index in [1.165, 1.54) is 31.2 Å². The van der Waals surface area contributed by atoms with Crippen LogP contribution in [-0.4, -0.2) is 11.7 Å². The second-order valence-electron chi connectivity index (χ2n) is 7.10. The largest absolute Gasteiger partial charge is 0.388 e. The molecule has 2 nitrogen and oxygen atoms in total. The van der Waals surface area contributed by atoms with E-state index in [-0.39, 0.29) is 5.41 Å². The van der Waals surface area contributed by atoms with Gasteiger partial charge in [0, 0.05) is 12.0 Å². The van der Waals surface area contributed by atoms with Crippen LogP contribution in [-0.2, 0) is 0 Å². The van der Waals surface area contributed by atoms with Gasteiger partial charge in [-0.15, -0.1) is 0 Å². The second kappa shape index (κ2) is 5.50. The van der Waals surface area contributed by atoms with Crippen molar-refractivity contribution in [1.82, 2.24) is 0 Å². The lowest BCUT2D eigenvalue weighted by atomic mass is 9.66. The highest BCUT2D eigenvalue weighted by Gasteiger charge is 2.40. The smallest absolute Gasteiger partial charge is 0.0858 e. The molecule has 0 heterocycles. The van der Waals surface area contributed by atoms with Crippen LogP contribution in [0.5, 0.6) is 0 Å². The molecule has 3 rings (SSSR count). The van der Waals surface area contributed by atoms with E-state index in [0.717, 1.165) is 30.2 Å². The molecule has 0 spiro atoms. The van der Waals surface area contributed by atoms with Crippen molar-refractivity contribution in [2.75, 3.05) is 6.54 Å². The van der Waals surface area contributed by atoms with Crippen LogP contribution in [0.2, 0.25) is 0 Å². The molecule has 1 aromatic carbocycles. The Bertz CT molecular complexity index is 458. The van der Waals surface area contributed by atoms with Crippen LogP contribution < -0.4 is 5.73 Å². The molecule has 1 unspecified atom stereocenters. The summed E-state index contributed by atoms with van der Waals surface area (Å²) < 4.78 is 0. The summed E-state index contributed by atoms with van der Waals surface area (Å²) in [4.78, 5) is 0. The third-order valence-corrected chi connectivity index (χ3v) is 5.53. The molecule has 2 saturated carbocycles. The number of nitrogens with two attached hydrogens (primary N) is 1. The van der Waals surface area contributed by atoms with Crippen LogP contribution in [0.1, 0.15) is 68.6 Å². The minimum absolute atomic E-state index is 0.102. The number of hydrogen-bond acceptors (Lipinski definition) is 2. The molecule has 0 bridgehead atoms. The first-order chi connectivity index (χ1) is 9.64. The molecule has 2 fully saturated rings. The van der Waals surface area contributed by atoms with Gasteiger partial charge in [-0.2, -0.15) is 0 Å². The van der Waals surface area contributed by atoms with Crippen molar-refractivity contribution in [3.05, 3.63) is 35.4 Å². The van der Waals surface area contributed by atoms with Crippen molar-refractivity contribution in [2.45, 2.75) is 57.5 Å². The molecule has 110 valence electrons. The fraction of sp³-hybridized carbons (Fsp3) is 0.667. The van der Waals surface area contributed by atoms with Gasteiger partial charge in [0.1, 0.15) is 0 Å². The van der Waals surface area contributed by atoms with Gasteiger partial charge >= 0.3 is 0 Å². The van der Waals surface area contributed by atoms with Crippen molar-refractivity contribution < 1.29 is 5.11 Å². The Morgan fingerprint density at radius 2 is 1.95 bits per heavy atom. The summed E-state index contributed by atoms with van der Waals surface area (Å²) in [6.45, 7) is 2.90. The number of benzene rings is 1. The van der Waals surface area contributed by atoms with Gasteiger partial charge in [0.2, 0.25) is 0 Å². The lowest BCUT2D eigenvalue weighted by molar-refractivity contribution is -0.00822. The number of aliphatic hydroxyl groups excluding tert-OH is 1. The van der Waals surface area contributed by atoms with E-state index in [0.29, 0.717) is 6.54 Å². The quantitative estimate of drug-likeness (QED) is 0.877. The van der Waals surface area contributed by atoms with E-state index in [9.17, 15) is 5.11 Å². The normalized spacial score (nSPS) is 32.0. The maximum Gasteiger partial charge on any atom is 0.0858 e. The van der Waals surface area contributed by atoms with E-state index >= 15 is 0 Å². The molecule has 1 aromatic rings. The monoisotopic (exact) mass is 273 g/mol. The molecular formula is C18H27NO. The summed E-state index contributed by atoms with van der Waals surface area (Å²) >= 11 is 0. The highest BCUT2D eigenvalue weighted by atomic mass is 16.3. The van der Waals surface area contributed by atoms with Crippen LogP contribution in [0.25, 0.3) is 0 Å². The number of hydrogen-bond donors (Lipinski definition) is 2. The van der Waals surface area contributed by atoms with Gasteiger partial charge in [-0.3, -0.25) is 0 Å². The molecule has 1 atom stereocenters. The summed E-state index contributed by atoms with van der Waals surface area (Å²) in [6, 6.07) is 8.59. The summed E-state index contributed by atoms with van der Waals surface area (Å²) in [7, 11) is 0. The van der Waals surface area contributed by atoms with Crippen LogP contribution in [0.4, 0.5) is 0 Å². The predicted molar refractivity (Wildman–Crippen MR) is 82.5 cm³/mol. The maximum atomic E-state index is 10.9. The number of aliphatic hydroxyl groups is 1. The van der Waals surface area contributed by atoms with Gasteiger partial charge in [0.05, 0.1) is 6.10 Å². The van der Waals surface area contributed by atoms with Crippen molar-refractivity contribution in [3.8, 4) is 0 Å². The van der Waals surface area contributed by atoms with Gasteiger partial charge in [-0.25, -0.2) is 0 Å². The Morgan fingerprint density at radius 1 is 1.25 bits per heavy atom. The minimum Gasteiger partial charge on any atom is -0.388 e. The highest BCUT2D eigenvalue weighted by Crippen LogP contribution is 2.48. The molecule has 2 aliphatic carbocycles. The summed E-state index contributed by atoms with van der Waals surface area (Å²) in [5.41, 5.74) is 8.45. The Labute approximate surface area is 122 Å². The molecule has 0 aromatic heterocycles. The fourth-order valence-corrected chi connectivity index (χ4v) is 3.68. The van der Waals surface area contributed by atoms with Crippen LogP contribution in [0.15, 0.2) is 24.3 Å². The molecule has 0 saturated heterocycles. The van der Waals surface area contributed by atoms with E-state index in [1.54, 1.807) is 0 Å². The van der Waals surface area contributed by atoms with Gasteiger partial charge in [0.15, 0.2) is 0 Å². The Kier molecular flexibility index (Phi) is 3.87. The first kappa shape index (κ1) is 14.1. The first-order valence-electron chi connectivity index (χ1n) is 8.12. The summed E-state index contributed by atoms with van der Waals surface area (Å²) in [5, 5.41) is 10.9. The Hall–Kier alpha value is -0.860. The zero-order valence-electron chi connectivity index (χ0n) is 12.5. The first-order valence-corrected chi connectivity index (χ1v) is 8.12. The van der Waals surface area contributed by atoms with Crippen LogP contribution >= 0.6 is 0 Å². The van der Waals surface area contributed by atoms with E-state index < -0.39 is 6.10 Å². The summed E-state index contributed by atoms with van der Waals surface area (Å²) in [6.07, 6.45) is 6.70. The molecule has 0 aliphatic heterocycles. The average molecular weight is 273 g/mol. The van der Waals surface area contributed by atoms with Crippen molar-refractivity contribution in [2.24, 2.45) is 17.1 Å². The molecule has 20 heavy (non-hydrogen) atoms. The third-order valence-electron chi connectivity index (χ3n) is 5.53. The van der Waals surface area contributed by atoms with E-state index in [2.05, 4.69) is 31.2 Å². The number of rotatable bonds is 4. The van der Waals surface area contributed by atoms with Crippen molar-refractivity contribution >= 4 is 0 Å². The molecule has 0 radical (unpaired) electrons. The molecule has 2 aliphatic rings. The minimum atomic E-state index is -0.404. The maximum absolute atomic E-state index is 10.9. The van der Waals surface area contributed by atoms with E-state index in [1.807, 2.05) is 0 Å². The van der Waals surface area contributed by atoms with Crippen LogP contribution in [0.3, 0.4) is 0 Å². The Balaban J connectivity index is 1.82. The SMILES string of the molecule is CC1CCC(CN)(C(O)c2cccc(C3CC3)c2)CC1. The van der Waals surface area contributed by atoms with Crippen molar-refractivity contribution in [1.29, 1.82) is 0 Å². The zero-order chi connectivity index (χ0) is 14.2. The van der Waals surface area contributed by atoms with Crippen LogP contribution in [0, 0.1) is 11.3 Å². The van der Waals surface area contributed by atoms with Gasteiger partial charge in [-0.05, 0) is 48.6 Å². The van der Waals surface area contributed by atoms with Gasteiger partial charge in [0.25, 0.3) is 0 Å². The molecular weight excluding hydrogens is 246 g/mol. The lowest BCUT2D eigenvalue weighted by Crippen LogP contribution is -2.40. The van der Waals surface area contributed by atoms with Gasteiger partial charge in [-0.1, -0.05) is 44.0 Å². The summed E-state index contributed by atoms with van der Waals surface area (Å²) in [5.74, 6) is 1.52. The zero-order valence-corrected chi connectivity index (χ0v) is 12.5. The van der Waals surface area contributed by atoms with E-state index in [4.69, 9.17) is 5.73 Å². The highest BCUT2D eigenvalue weighted by molar-refractivity contribution is 5.31.